The number of carbonyl (C=O) groups excluding carboxylic acids is 1. The molecule has 0 aromatic carbocycles. The Morgan fingerprint density at radius 2 is 1.87 bits per heavy atom. The van der Waals surface area contributed by atoms with Gasteiger partial charge in [-0.15, -0.1) is 0 Å². The number of likely N-dealkylation sites (tertiary alicyclic amines) is 1. The van der Waals surface area contributed by atoms with Gasteiger partial charge < -0.3 is 10.0 Å². The highest BCUT2D eigenvalue weighted by atomic mass is 16.3. The van der Waals surface area contributed by atoms with Crippen LogP contribution in [-0.2, 0) is 4.79 Å². The van der Waals surface area contributed by atoms with Gasteiger partial charge in [0.05, 0.1) is 13.1 Å². The van der Waals surface area contributed by atoms with Crippen molar-refractivity contribution >= 4 is 5.91 Å². The van der Waals surface area contributed by atoms with Gasteiger partial charge in [-0.1, -0.05) is 26.7 Å². The van der Waals surface area contributed by atoms with Gasteiger partial charge in [0.25, 0.3) is 0 Å². The average Bonchev–Trinajstić information content (AvgIpc) is 2.64. The molecule has 1 N–H and O–H groups in total. The van der Waals surface area contributed by atoms with E-state index in [-0.39, 0.29) is 17.7 Å². The number of β-amino-alcohol motifs (C(OH)–C–C–N with tert-alkyl or cyclic N) is 1. The minimum atomic E-state index is -0.617. The lowest BCUT2D eigenvalue weighted by molar-refractivity contribution is -0.167. The molecule has 2 fully saturated rings. The minimum Gasteiger partial charge on any atom is -0.386 e. The number of amides is 1. The highest BCUT2D eigenvalue weighted by molar-refractivity contribution is 5.80. The largest absolute Gasteiger partial charge is 0.386 e. The second kappa shape index (κ2) is 3.78. The number of hydrogen-bond acceptors (Lipinski definition) is 2. The molecule has 3 heteroatoms. The van der Waals surface area contributed by atoms with E-state index in [9.17, 15) is 9.90 Å². The van der Waals surface area contributed by atoms with Crippen LogP contribution in [0.3, 0.4) is 0 Å². The molecule has 1 aliphatic heterocycles. The summed E-state index contributed by atoms with van der Waals surface area (Å²) < 4.78 is 0. The summed E-state index contributed by atoms with van der Waals surface area (Å²) in [6, 6.07) is 0. The molecular formula is C12H21NO2. The molecule has 0 radical (unpaired) electrons. The average molecular weight is 211 g/mol. The lowest BCUT2D eigenvalue weighted by Gasteiger charge is -2.49. The van der Waals surface area contributed by atoms with Crippen molar-refractivity contribution in [2.45, 2.75) is 45.1 Å². The van der Waals surface area contributed by atoms with Crippen molar-refractivity contribution in [3.63, 3.8) is 0 Å². The molecule has 0 spiro atoms. The van der Waals surface area contributed by atoms with E-state index in [2.05, 4.69) is 0 Å². The van der Waals surface area contributed by atoms with Crippen LogP contribution in [0.4, 0.5) is 0 Å². The van der Waals surface area contributed by atoms with Gasteiger partial charge in [-0.25, -0.2) is 0 Å². The summed E-state index contributed by atoms with van der Waals surface area (Å²) in [6.45, 7) is 5.11. The molecule has 0 aromatic rings. The maximum absolute atomic E-state index is 12.0. The summed E-state index contributed by atoms with van der Waals surface area (Å²) in [5.74, 6) is 0.768. The van der Waals surface area contributed by atoms with Crippen molar-refractivity contribution in [3.8, 4) is 0 Å². The summed E-state index contributed by atoms with van der Waals surface area (Å²) in [4.78, 5) is 13.8. The quantitative estimate of drug-likeness (QED) is 0.750. The zero-order chi connectivity index (χ0) is 11.1. The van der Waals surface area contributed by atoms with Gasteiger partial charge in [-0.05, 0) is 18.8 Å². The SMILES string of the molecule is CC(C)C1(O)CN(C(=O)C2CCCC2)C1. The Morgan fingerprint density at radius 3 is 2.33 bits per heavy atom. The van der Waals surface area contributed by atoms with Gasteiger partial charge in [-0.3, -0.25) is 4.79 Å². The van der Waals surface area contributed by atoms with Gasteiger partial charge >= 0.3 is 0 Å². The monoisotopic (exact) mass is 211 g/mol. The fraction of sp³-hybridized carbons (Fsp3) is 0.917. The van der Waals surface area contributed by atoms with Crippen molar-refractivity contribution in [1.82, 2.24) is 4.90 Å². The molecule has 1 aliphatic carbocycles. The van der Waals surface area contributed by atoms with Gasteiger partial charge in [0.2, 0.25) is 5.91 Å². The Labute approximate surface area is 91.5 Å². The molecule has 0 aromatic heterocycles. The van der Waals surface area contributed by atoms with Crippen LogP contribution in [0.2, 0.25) is 0 Å². The van der Waals surface area contributed by atoms with Crippen LogP contribution in [0.1, 0.15) is 39.5 Å². The fourth-order valence-corrected chi connectivity index (χ4v) is 2.57. The van der Waals surface area contributed by atoms with Crippen molar-refractivity contribution in [3.05, 3.63) is 0 Å². The Bertz CT molecular complexity index is 250. The standard InChI is InChI=1S/C12H21NO2/c1-9(2)12(15)7-13(8-12)11(14)10-5-3-4-6-10/h9-10,15H,3-8H2,1-2H3. The second-order valence-corrected chi connectivity index (χ2v) is 5.43. The van der Waals surface area contributed by atoms with Crippen LogP contribution in [0.25, 0.3) is 0 Å². The van der Waals surface area contributed by atoms with E-state index in [1.807, 2.05) is 18.7 Å². The van der Waals surface area contributed by atoms with Gasteiger partial charge in [0.15, 0.2) is 0 Å². The highest BCUT2D eigenvalue weighted by Crippen LogP contribution is 2.33. The first-order chi connectivity index (χ1) is 7.03. The van der Waals surface area contributed by atoms with Crippen molar-refractivity contribution in [2.24, 2.45) is 11.8 Å². The molecule has 0 bridgehead atoms. The molecule has 0 atom stereocenters. The highest BCUT2D eigenvalue weighted by Gasteiger charge is 2.47. The lowest BCUT2D eigenvalue weighted by Crippen LogP contribution is -2.66. The predicted molar refractivity (Wildman–Crippen MR) is 58.3 cm³/mol. The van der Waals surface area contributed by atoms with Crippen LogP contribution in [0, 0.1) is 11.8 Å². The molecule has 1 saturated carbocycles. The van der Waals surface area contributed by atoms with E-state index >= 15 is 0 Å². The normalized spacial score (nSPS) is 25.7. The molecule has 1 heterocycles. The van der Waals surface area contributed by atoms with Gasteiger partial charge in [0, 0.05) is 5.92 Å². The van der Waals surface area contributed by atoms with E-state index in [1.54, 1.807) is 0 Å². The molecule has 86 valence electrons. The molecule has 2 aliphatic rings. The maximum Gasteiger partial charge on any atom is 0.225 e. The van der Waals surface area contributed by atoms with Crippen molar-refractivity contribution in [1.29, 1.82) is 0 Å². The van der Waals surface area contributed by atoms with Crippen LogP contribution >= 0.6 is 0 Å². The zero-order valence-corrected chi connectivity index (χ0v) is 9.70. The van der Waals surface area contributed by atoms with E-state index in [0.717, 1.165) is 12.8 Å². The first-order valence-corrected chi connectivity index (χ1v) is 6.04. The van der Waals surface area contributed by atoms with Crippen molar-refractivity contribution in [2.75, 3.05) is 13.1 Å². The summed E-state index contributed by atoms with van der Waals surface area (Å²) >= 11 is 0. The van der Waals surface area contributed by atoms with E-state index in [4.69, 9.17) is 0 Å². The summed E-state index contributed by atoms with van der Waals surface area (Å²) in [6.07, 6.45) is 4.49. The summed E-state index contributed by atoms with van der Waals surface area (Å²) in [5.41, 5.74) is -0.617. The third-order valence-corrected chi connectivity index (χ3v) is 4.02. The molecule has 1 saturated heterocycles. The van der Waals surface area contributed by atoms with E-state index in [0.29, 0.717) is 13.1 Å². The molecule has 3 nitrogen and oxygen atoms in total. The van der Waals surface area contributed by atoms with Crippen LogP contribution < -0.4 is 0 Å². The second-order valence-electron chi connectivity index (χ2n) is 5.43. The van der Waals surface area contributed by atoms with Gasteiger partial charge in [0.1, 0.15) is 5.60 Å². The van der Waals surface area contributed by atoms with Crippen LogP contribution in [-0.4, -0.2) is 34.6 Å². The number of carbonyl (C=O) groups is 1. The summed E-state index contributed by atoms with van der Waals surface area (Å²) in [5, 5.41) is 10.1. The van der Waals surface area contributed by atoms with Gasteiger partial charge in [-0.2, -0.15) is 0 Å². The topological polar surface area (TPSA) is 40.5 Å². The smallest absolute Gasteiger partial charge is 0.225 e. The molecule has 2 rings (SSSR count). The number of rotatable bonds is 2. The van der Waals surface area contributed by atoms with Crippen LogP contribution in [0.15, 0.2) is 0 Å². The first kappa shape index (κ1) is 10.9. The molecule has 0 unspecified atom stereocenters. The third-order valence-electron chi connectivity index (χ3n) is 4.02. The number of aliphatic hydroxyl groups is 1. The maximum atomic E-state index is 12.0. The van der Waals surface area contributed by atoms with Crippen molar-refractivity contribution < 1.29 is 9.90 Å². The Hall–Kier alpha value is -0.570. The summed E-state index contributed by atoms with van der Waals surface area (Å²) in [7, 11) is 0. The zero-order valence-electron chi connectivity index (χ0n) is 9.70. The Kier molecular flexibility index (Phi) is 2.75. The lowest BCUT2D eigenvalue weighted by atomic mass is 9.82. The fourth-order valence-electron chi connectivity index (χ4n) is 2.57. The molecule has 1 amide bonds. The van der Waals surface area contributed by atoms with Crippen LogP contribution in [0.5, 0.6) is 0 Å². The number of hydrogen-bond donors (Lipinski definition) is 1. The molecular weight excluding hydrogens is 190 g/mol. The minimum absolute atomic E-state index is 0.241. The number of nitrogens with zero attached hydrogens (tertiary/aromatic N) is 1. The first-order valence-electron chi connectivity index (χ1n) is 6.04. The predicted octanol–water partition coefficient (Wildman–Crippen LogP) is 1.41. The Morgan fingerprint density at radius 1 is 1.33 bits per heavy atom. The van der Waals surface area contributed by atoms with E-state index < -0.39 is 5.60 Å². The third kappa shape index (κ3) is 1.89. The van der Waals surface area contributed by atoms with E-state index in [1.165, 1.54) is 12.8 Å². The molecule has 15 heavy (non-hydrogen) atoms. The Balaban J connectivity index is 1.86.